The quantitative estimate of drug-likeness (QED) is 0.375. The lowest BCUT2D eigenvalue weighted by molar-refractivity contribution is -0.384. The van der Waals surface area contributed by atoms with Gasteiger partial charge in [-0.15, -0.1) is 0 Å². The van der Waals surface area contributed by atoms with Crippen LogP contribution >= 0.6 is 0 Å². The van der Waals surface area contributed by atoms with Crippen LogP contribution in [0.3, 0.4) is 0 Å². The lowest BCUT2D eigenvalue weighted by Gasteiger charge is -2.19. The normalized spacial score (nSPS) is 12.2. The smallest absolute Gasteiger partial charge is 0.269 e. The van der Waals surface area contributed by atoms with Crippen molar-refractivity contribution in [2.24, 2.45) is 15.6 Å². The minimum absolute atomic E-state index is 0.0324. The number of rotatable bonds is 5. The highest BCUT2D eigenvalue weighted by Gasteiger charge is 2.13. The van der Waals surface area contributed by atoms with Gasteiger partial charge in [-0.25, -0.2) is 5.01 Å². The molecule has 0 bridgehead atoms. The molecule has 0 spiro atoms. The highest BCUT2D eigenvalue weighted by Crippen LogP contribution is 2.15. The predicted molar refractivity (Wildman–Crippen MR) is 105 cm³/mol. The Hall–Kier alpha value is -3.22. The number of anilines is 1. The molecule has 0 aromatic heterocycles. The van der Waals surface area contributed by atoms with Gasteiger partial charge >= 0.3 is 0 Å². The van der Waals surface area contributed by atoms with Crippen molar-refractivity contribution in [3.05, 3.63) is 70.3 Å². The van der Waals surface area contributed by atoms with Crippen LogP contribution in [0.5, 0.6) is 0 Å². The topological polar surface area (TPSA) is 83.1 Å². The number of nitrogens with zero attached hydrogens (tertiary/aromatic N) is 4. The van der Waals surface area contributed by atoms with E-state index < -0.39 is 4.92 Å². The summed E-state index contributed by atoms with van der Waals surface area (Å²) in [6.45, 7) is 6.15. The van der Waals surface area contributed by atoms with Gasteiger partial charge in [0.2, 0.25) is 0 Å². The second kappa shape index (κ2) is 8.24. The van der Waals surface area contributed by atoms with Gasteiger partial charge in [0, 0.05) is 31.0 Å². The first-order valence-corrected chi connectivity index (χ1v) is 8.19. The molecule has 26 heavy (non-hydrogen) atoms. The highest BCUT2D eigenvalue weighted by molar-refractivity contribution is 5.99. The predicted octanol–water partition coefficient (Wildman–Crippen LogP) is 4.33. The third-order valence-corrected chi connectivity index (χ3v) is 3.33. The van der Waals surface area contributed by atoms with Crippen molar-refractivity contribution >= 4 is 23.4 Å². The highest BCUT2D eigenvalue weighted by atomic mass is 16.6. The van der Waals surface area contributed by atoms with Crippen molar-refractivity contribution in [1.29, 1.82) is 0 Å². The van der Waals surface area contributed by atoms with E-state index in [4.69, 9.17) is 0 Å². The van der Waals surface area contributed by atoms with Crippen molar-refractivity contribution in [1.82, 2.24) is 5.01 Å². The fraction of sp³-hybridized carbons (Fsp3) is 0.263. The van der Waals surface area contributed by atoms with Crippen LogP contribution in [0, 0.1) is 15.5 Å². The largest absolute Gasteiger partial charge is 0.276 e. The maximum atomic E-state index is 10.9. The molecular formula is C19H23N5O2. The number of nitrogens with one attached hydrogen (secondary N) is 1. The summed E-state index contributed by atoms with van der Waals surface area (Å²) in [4.78, 5) is 10.4. The molecule has 0 aliphatic heterocycles. The van der Waals surface area contributed by atoms with E-state index in [1.165, 1.54) is 12.1 Å². The van der Waals surface area contributed by atoms with Gasteiger partial charge in [-0.05, 0) is 29.7 Å². The number of hydrazone groups is 2. The summed E-state index contributed by atoms with van der Waals surface area (Å²) in [7, 11) is 1.79. The first-order valence-electron chi connectivity index (χ1n) is 8.19. The van der Waals surface area contributed by atoms with Crippen molar-refractivity contribution < 1.29 is 4.92 Å². The Bertz CT molecular complexity index is 793. The molecule has 0 fully saturated rings. The fourth-order valence-electron chi connectivity index (χ4n) is 2.00. The van der Waals surface area contributed by atoms with Crippen LogP contribution < -0.4 is 5.43 Å². The second-order valence-corrected chi connectivity index (χ2v) is 6.85. The number of non-ortho nitro benzene ring substituents is 1. The first-order chi connectivity index (χ1) is 12.3. The summed E-state index contributed by atoms with van der Waals surface area (Å²) in [6.07, 6.45) is 1.83. The van der Waals surface area contributed by atoms with Crippen molar-refractivity contribution in [3.63, 3.8) is 0 Å². The molecule has 0 aliphatic carbocycles. The Morgan fingerprint density at radius 1 is 1.12 bits per heavy atom. The number of benzene rings is 2. The van der Waals surface area contributed by atoms with E-state index in [2.05, 4.69) is 36.4 Å². The molecule has 136 valence electrons. The molecule has 0 heterocycles. The molecule has 0 radical (unpaired) electrons. The SMILES string of the molecule is CN(/N=C/C(C)(C)C)/C(=N\Nc1ccccc1)c1ccc([N+](=O)[O-])cc1. The molecule has 2 rings (SSSR count). The summed E-state index contributed by atoms with van der Waals surface area (Å²) in [5.41, 5.74) is 4.50. The third kappa shape index (κ3) is 5.70. The molecule has 0 atom stereocenters. The fourth-order valence-corrected chi connectivity index (χ4v) is 2.00. The number of para-hydroxylation sites is 1. The van der Waals surface area contributed by atoms with E-state index >= 15 is 0 Å². The van der Waals surface area contributed by atoms with Crippen molar-refractivity contribution in [2.75, 3.05) is 12.5 Å². The standard InChI is InChI=1S/C19H23N5O2/c1-19(2,3)14-20-23(4)18(22-21-16-8-6-5-7-9-16)15-10-12-17(13-11-15)24(25)26/h5-14,21H,1-4H3/b20-14+,22-18-. The van der Waals surface area contributed by atoms with Gasteiger partial charge in [-0.1, -0.05) is 39.0 Å². The van der Waals surface area contributed by atoms with E-state index in [0.29, 0.717) is 11.4 Å². The van der Waals surface area contributed by atoms with Crippen LogP contribution in [0.2, 0.25) is 0 Å². The molecule has 0 amide bonds. The molecule has 2 aromatic carbocycles. The molecule has 0 saturated carbocycles. The zero-order chi connectivity index (χ0) is 19.2. The third-order valence-electron chi connectivity index (χ3n) is 3.33. The maximum Gasteiger partial charge on any atom is 0.269 e. The average Bonchev–Trinajstić information content (AvgIpc) is 2.61. The number of hydrogen-bond acceptors (Lipinski definition) is 5. The van der Waals surface area contributed by atoms with Crippen LogP contribution in [0.25, 0.3) is 0 Å². The van der Waals surface area contributed by atoms with E-state index in [0.717, 1.165) is 5.69 Å². The first kappa shape index (κ1) is 19.1. The molecule has 7 nitrogen and oxygen atoms in total. The van der Waals surface area contributed by atoms with Crippen LogP contribution in [0.1, 0.15) is 26.3 Å². The lowest BCUT2D eigenvalue weighted by Crippen LogP contribution is -2.25. The van der Waals surface area contributed by atoms with Crippen molar-refractivity contribution in [2.45, 2.75) is 20.8 Å². The molecule has 7 heteroatoms. The van der Waals surface area contributed by atoms with E-state index in [1.807, 2.05) is 36.5 Å². The molecule has 2 aromatic rings. The van der Waals surface area contributed by atoms with Gasteiger partial charge in [0.05, 0.1) is 10.6 Å². The monoisotopic (exact) mass is 353 g/mol. The Balaban J connectivity index is 2.34. The summed E-state index contributed by atoms with van der Waals surface area (Å²) in [5.74, 6) is 0.546. The van der Waals surface area contributed by atoms with Crippen LogP contribution in [-0.4, -0.2) is 29.0 Å². The molecule has 0 aliphatic rings. The summed E-state index contributed by atoms with van der Waals surface area (Å²) < 4.78 is 0. The second-order valence-electron chi connectivity index (χ2n) is 6.85. The van der Waals surface area contributed by atoms with Crippen molar-refractivity contribution in [3.8, 4) is 0 Å². The Morgan fingerprint density at radius 2 is 1.73 bits per heavy atom. The zero-order valence-electron chi connectivity index (χ0n) is 15.4. The zero-order valence-corrected chi connectivity index (χ0v) is 15.4. The number of nitro benzene ring substituents is 1. The van der Waals surface area contributed by atoms with E-state index in [9.17, 15) is 10.1 Å². The van der Waals surface area contributed by atoms with E-state index in [-0.39, 0.29) is 11.1 Å². The van der Waals surface area contributed by atoms with Gasteiger partial charge in [-0.3, -0.25) is 15.5 Å². The molecule has 1 N–H and O–H groups in total. The summed E-state index contributed by atoms with van der Waals surface area (Å²) >= 11 is 0. The van der Waals surface area contributed by atoms with Gasteiger partial charge in [0.15, 0.2) is 5.84 Å². The van der Waals surface area contributed by atoms with Crippen LogP contribution in [0.4, 0.5) is 11.4 Å². The van der Waals surface area contributed by atoms with Crippen LogP contribution in [0.15, 0.2) is 64.8 Å². The minimum atomic E-state index is -0.426. The van der Waals surface area contributed by atoms with Gasteiger partial charge in [-0.2, -0.15) is 10.2 Å². The molecule has 0 unspecified atom stereocenters. The molecular weight excluding hydrogens is 330 g/mol. The van der Waals surface area contributed by atoms with E-state index in [1.54, 1.807) is 24.2 Å². The summed E-state index contributed by atoms with van der Waals surface area (Å²) in [5, 5.41) is 21.4. The number of hydrogen-bond donors (Lipinski definition) is 1. The van der Waals surface area contributed by atoms with Gasteiger partial charge < -0.3 is 0 Å². The molecule has 0 saturated heterocycles. The van der Waals surface area contributed by atoms with Crippen LogP contribution in [-0.2, 0) is 0 Å². The van der Waals surface area contributed by atoms with Gasteiger partial charge in [0.25, 0.3) is 5.69 Å². The number of nitro groups is 1. The van der Waals surface area contributed by atoms with Gasteiger partial charge in [0.1, 0.15) is 0 Å². The maximum absolute atomic E-state index is 10.9. The summed E-state index contributed by atoms with van der Waals surface area (Å²) in [6, 6.07) is 15.8. The Labute approximate surface area is 153 Å². The lowest BCUT2D eigenvalue weighted by atomic mass is 9.99. The minimum Gasteiger partial charge on any atom is -0.276 e. The Morgan fingerprint density at radius 3 is 2.27 bits per heavy atom. The Kier molecular flexibility index (Phi) is 6.06. The average molecular weight is 353 g/mol. The number of amidine groups is 1.